The minimum absolute atomic E-state index is 0.230. The molecule has 0 aliphatic carbocycles. The van der Waals surface area contributed by atoms with Crippen molar-refractivity contribution in [3.8, 4) is 0 Å². The Morgan fingerprint density at radius 2 is 1.92 bits per heavy atom. The Balaban J connectivity index is 2.88. The van der Waals surface area contributed by atoms with Crippen LogP contribution in [0.3, 0.4) is 0 Å². The molecule has 1 heterocycles. The van der Waals surface area contributed by atoms with Crippen molar-refractivity contribution in [3.05, 3.63) is 0 Å². The summed E-state index contributed by atoms with van der Waals surface area (Å²) in [5, 5.41) is 0. The number of amidine groups is 1. The van der Waals surface area contributed by atoms with E-state index in [0.29, 0.717) is 12.1 Å². The van der Waals surface area contributed by atoms with E-state index >= 15 is 0 Å². The van der Waals surface area contributed by atoms with Crippen LogP contribution < -0.4 is 0 Å². The molecule has 0 fully saturated rings. The van der Waals surface area contributed by atoms with Gasteiger partial charge in [-0.15, -0.1) is 0 Å². The van der Waals surface area contributed by atoms with Crippen LogP contribution in [-0.2, 0) is 0 Å². The minimum Gasteiger partial charge on any atom is -0.358 e. The van der Waals surface area contributed by atoms with Crippen molar-refractivity contribution >= 4 is 5.84 Å². The SMILES string of the molecule is CCC(C)(C)C1=NC(C)C(C)N1C. The fraction of sp³-hybridized carbons (Fsp3) is 0.909. The zero-order valence-electron chi connectivity index (χ0n) is 9.76. The monoisotopic (exact) mass is 182 g/mol. The topological polar surface area (TPSA) is 15.6 Å². The lowest BCUT2D eigenvalue weighted by Gasteiger charge is -2.31. The van der Waals surface area contributed by atoms with Gasteiger partial charge in [0.15, 0.2) is 0 Å². The van der Waals surface area contributed by atoms with Crippen LogP contribution in [0.25, 0.3) is 0 Å². The third kappa shape index (κ3) is 1.72. The molecule has 1 aliphatic heterocycles. The molecule has 0 saturated carbocycles. The smallest absolute Gasteiger partial charge is 0.105 e. The summed E-state index contributed by atoms with van der Waals surface area (Å²) >= 11 is 0. The summed E-state index contributed by atoms with van der Waals surface area (Å²) in [6.07, 6.45) is 1.15. The highest BCUT2D eigenvalue weighted by molar-refractivity contribution is 5.89. The van der Waals surface area contributed by atoms with Crippen LogP contribution in [0.2, 0.25) is 0 Å². The van der Waals surface area contributed by atoms with Gasteiger partial charge in [-0.05, 0) is 20.3 Å². The second-order valence-electron chi connectivity index (χ2n) is 4.78. The molecule has 0 aromatic heterocycles. The van der Waals surface area contributed by atoms with Crippen LogP contribution >= 0.6 is 0 Å². The van der Waals surface area contributed by atoms with Gasteiger partial charge in [-0.3, -0.25) is 4.99 Å². The van der Waals surface area contributed by atoms with E-state index in [1.54, 1.807) is 0 Å². The van der Waals surface area contributed by atoms with Gasteiger partial charge in [-0.25, -0.2) is 0 Å². The van der Waals surface area contributed by atoms with Crippen molar-refractivity contribution in [2.75, 3.05) is 7.05 Å². The molecule has 1 aliphatic rings. The Kier molecular flexibility index (Phi) is 2.69. The number of nitrogens with zero attached hydrogens (tertiary/aromatic N) is 2. The molecule has 2 atom stereocenters. The Bertz CT molecular complexity index is 218. The van der Waals surface area contributed by atoms with Gasteiger partial charge in [0.1, 0.15) is 5.84 Å². The fourth-order valence-electron chi connectivity index (χ4n) is 1.72. The second-order valence-corrected chi connectivity index (χ2v) is 4.78. The molecule has 0 aromatic rings. The first kappa shape index (κ1) is 10.6. The van der Waals surface area contributed by atoms with Crippen molar-refractivity contribution in [2.45, 2.75) is 53.1 Å². The van der Waals surface area contributed by atoms with Gasteiger partial charge in [-0.1, -0.05) is 20.8 Å². The largest absolute Gasteiger partial charge is 0.358 e. The summed E-state index contributed by atoms with van der Waals surface area (Å²) in [5.41, 5.74) is 0.230. The average molecular weight is 182 g/mol. The summed E-state index contributed by atoms with van der Waals surface area (Å²) < 4.78 is 0. The summed E-state index contributed by atoms with van der Waals surface area (Å²) in [6.45, 7) is 11.2. The maximum atomic E-state index is 4.74. The minimum atomic E-state index is 0.230. The molecule has 0 amide bonds. The van der Waals surface area contributed by atoms with E-state index < -0.39 is 0 Å². The van der Waals surface area contributed by atoms with Crippen molar-refractivity contribution in [3.63, 3.8) is 0 Å². The van der Waals surface area contributed by atoms with Gasteiger partial charge >= 0.3 is 0 Å². The highest BCUT2D eigenvalue weighted by atomic mass is 15.3. The molecule has 0 radical (unpaired) electrons. The zero-order valence-corrected chi connectivity index (χ0v) is 9.76. The van der Waals surface area contributed by atoms with Gasteiger partial charge in [-0.2, -0.15) is 0 Å². The van der Waals surface area contributed by atoms with E-state index in [4.69, 9.17) is 4.99 Å². The lowest BCUT2D eigenvalue weighted by atomic mass is 9.88. The van der Waals surface area contributed by atoms with Crippen molar-refractivity contribution < 1.29 is 0 Å². The van der Waals surface area contributed by atoms with E-state index in [-0.39, 0.29) is 5.41 Å². The second kappa shape index (κ2) is 3.32. The Labute approximate surface area is 82.0 Å². The van der Waals surface area contributed by atoms with Crippen molar-refractivity contribution in [2.24, 2.45) is 10.4 Å². The first-order valence-electron chi connectivity index (χ1n) is 5.21. The summed E-state index contributed by atoms with van der Waals surface area (Å²) in [4.78, 5) is 7.06. The van der Waals surface area contributed by atoms with Crippen molar-refractivity contribution in [1.29, 1.82) is 0 Å². The number of rotatable bonds is 2. The molecule has 0 N–H and O–H groups in total. The fourth-order valence-corrected chi connectivity index (χ4v) is 1.72. The quantitative estimate of drug-likeness (QED) is 0.641. The maximum absolute atomic E-state index is 4.74. The third-order valence-corrected chi connectivity index (χ3v) is 3.46. The Morgan fingerprint density at radius 1 is 1.38 bits per heavy atom. The molecule has 0 bridgehead atoms. The molecule has 0 aromatic carbocycles. The first-order valence-corrected chi connectivity index (χ1v) is 5.21. The van der Waals surface area contributed by atoms with Gasteiger partial charge < -0.3 is 4.90 Å². The molecule has 76 valence electrons. The Hall–Kier alpha value is -0.530. The molecular formula is C11H22N2. The van der Waals surface area contributed by atoms with Crippen LogP contribution in [-0.4, -0.2) is 29.9 Å². The molecule has 2 nitrogen and oxygen atoms in total. The number of hydrogen-bond donors (Lipinski definition) is 0. The van der Waals surface area contributed by atoms with E-state index in [2.05, 4.69) is 46.6 Å². The number of hydrogen-bond acceptors (Lipinski definition) is 2. The van der Waals surface area contributed by atoms with Crippen LogP contribution in [0.4, 0.5) is 0 Å². The summed E-state index contributed by atoms with van der Waals surface area (Å²) in [7, 11) is 2.16. The van der Waals surface area contributed by atoms with Crippen LogP contribution in [0.1, 0.15) is 41.0 Å². The number of likely N-dealkylation sites (N-methyl/N-ethyl adjacent to an activating group) is 1. The van der Waals surface area contributed by atoms with Crippen LogP contribution in [0.15, 0.2) is 4.99 Å². The van der Waals surface area contributed by atoms with E-state index in [1.165, 1.54) is 5.84 Å². The number of aliphatic imine (C=N–C) groups is 1. The normalized spacial score (nSPS) is 29.4. The van der Waals surface area contributed by atoms with Gasteiger partial charge in [0.25, 0.3) is 0 Å². The standard InChI is InChI=1S/C11H22N2/c1-7-11(4,5)10-12-8(2)9(3)13(10)6/h8-9H,7H2,1-6H3. The lowest BCUT2D eigenvalue weighted by molar-refractivity contribution is 0.349. The first-order chi connectivity index (χ1) is 5.90. The average Bonchev–Trinajstić information content (AvgIpc) is 2.33. The summed E-state index contributed by atoms with van der Waals surface area (Å²) in [6, 6.07) is 1.01. The van der Waals surface area contributed by atoms with E-state index in [1.807, 2.05) is 0 Å². The molecule has 13 heavy (non-hydrogen) atoms. The zero-order chi connectivity index (χ0) is 10.2. The highest BCUT2D eigenvalue weighted by Gasteiger charge is 2.35. The van der Waals surface area contributed by atoms with Gasteiger partial charge in [0.2, 0.25) is 0 Å². The predicted molar refractivity (Wildman–Crippen MR) is 58.2 cm³/mol. The van der Waals surface area contributed by atoms with E-state index in [0.717, 1.165) is 6.42 Å². The molecule has 1 rings (SSSR count). The predicted octanol–water partition coefficient (Wildman–Crippen LogP) is 2.54. The molecule has 2 unspecified atom stereocenters. The van der Waals surface area contributed by atoms with Crippen LogP contribution in [0.5, 0.6) is 0 Å². The van der Waals surface area contributed by atoms with Gasteiger partial charge in [0.05, 0.1) is 6.04 Å². The van der Waals surface area contributed by atoms with Crippen molar-refractivity contribution in [1.82, 2.24) is 4.90 Å². The van der Waals surface area contributed by atoms with Crippen LogP contribution in [0, 0.1) is 5.41 Å². The lowest BCUT2D eigenvalue weighted by Crippen LogP contribution is -2.39. The molecular weight excluding hydrogens is 160 g/mol. The molecule has 0 saturated heterocycles. The summed E-state index contributed by atoms with van der Waals surface area (Å²) in [5.74, 6) is 1.27. The highest BCUT2D eigenvalue weighted by Crippen LogP contribution is 2.30. The maximum Gasteiger partial charge on any atom is 0.105 e. The Morgan fingerprint density at radius 3 is 2.23 bits per heavy atom. The third-order valence-electron chi connectivity index (χ3n) is 3.46. The van der Waals surface area contributed by atoms with Gasteiger partial charge in [0, 0.05) is 18.5 Å². The molecule has 2 heteroatoms. The van der Waals surface area contributed by atoms with E-state index in [9.17, 15) is 0 Å². The molecule has 0 spiro atoms.